The van der Waals surface area contributed by atoms with Crippen molar-refractivity contribution in [2.24, 2.45) is 5.41 Å². The van der Waals surface area contributed by atoms with E-state index in [9.17, 15) is 22.4 Å². The quantitative estimate of drug-likeness (QED) is 0.302. The molecule has 1 aromatic carbocycles. The third kappa shape index (κ3) is 6.16. The number of hydrogen-bond acceptors (Lipinski definition) is 7. The highest BCUT2D eigenvalue weighted by Gasteiger charge is 2.38. The highest BCUT2D eigenvalue weighted by Crippen LogP contribution is 2.33. The molecule has 0 saturated carbocycles. The van der Waals surface area contributed by atoms with Crippen molar-refractivity contribution in [2.75, 3.05) is 49.6 Å². The van der Waals surface area contributed by atoms with Gasteiger partial charge >= 0.3 is 12.1 Å². The fourth-order valence-corrected chi connectivity index (χ4v) is 4.96. The molecule has 0 bridgehead atoms. The summed E-state index contributed by atoms with van der Waals surface area (Å²) in [5.41, 5.74) is 3.49. The average Bonchev–Trinajstić information content (AvgIpc) is 3.50. The van der Waals surface area contributed by atoms with Gasteiger partial charge in [-0.25, -0.2) is 14.2 Å². The Hall–Kier alpha value is -4.24. The van der Waals surface area contributed by atoms with Crippen LogP contribution in [-0.2, 0) is 16.1 Å². The molecule has 1 amide bonds. The van der Waals surface area contributed by atoms with Gasteiger partial charge in [0, 0.05) is 67.3 Å². The predicted octanol–water partition coefficient (Wildman–Crippen LogP) is 3.46. The standard InChI is InChI=1S/C25H28FN7O2.C2HF3O2/c1-16-10-32-11-17(9-20(26)23(32)28-16)29-24(34)18-3-4-21(31-7-5-27-6-8-31)19-12-33(30-22(18)19)13-25(2)14-35-15-25;3-2(4,5)1(6)7/h3-4,9-12,27H,5-8,13-15H2,1-2H3,(H,29,34);(H,6,7). The first-order valence-electron chi connectivity index (χ1n) is 13.1. The Balaban J connectivity index is 0.000000451. The zero-order valence-corrected chi connectivity index (χ0v) is 22.8. The Morgan fingerprint density at radius 3 is 2.48 bits per heavy atom. The van der Waals surface area contributed by atoms with Gasteiger partial charge in [-0.2, -0.15) is 18.3 Å². The summed E-state index contributed by atoms with van der Waals surface area (Å²) in [5, 5.41) is 19.1. The minimum atomic E-state index is -5.08. The molecular weight excluding hydrogens is 562 g/mol. The Morgan fingerprint density at radius 1 is 1.17 bits per heavy atom. The number of carbonyl (C=O) groups is 2. The van der Waals surface area contributed by atoms with Gasteiger partial charge in [-0.3, -0.25) is 9.48 Å². The minimum Gasteiger partial charge on any atom is -0.475 e. The van der Waals surface area contributed by atoms with E-state index >= 15 is 0 Å². The molecule has 2 saturated heterocycles. The number of anilines is 2. The number of benzene rings is 1. The lowest BCUT2D eigenvalue weighted by Gasteiger charge is -2.37. The normalized spacial score (nSPS) is 16.6. The Bertz CT molecular complexity index is 1640. The molecule has 0 aliphatic carbocycles. The number of aryl methyl sites for hydroxylation is 1. The van der Waals surface area contributed by atoms with Crippen molar-refractivity contribution in [3.8, 4) is 0 Å². The average molecular weight is 592 g/mol. The first-order valence-corrected chi connectivity index (χ1v) is 13.1. The molecule has 224 valence electrons. The molecule has 4 aromatic rings. The molecule has 6 rings (SSSR count). The molecule has 11 nitrogen and oxygen atoms in total. The summed E-state index contributed by atoms with van der Waals surface area (Å²) in [6, 6.07) is 5.10. The molecule has 0 unspecified atom stereocenters. The number of hydrogen-bond donors (Lipinski definition) is 3. The molecule has 0 atom stereocenters. The van der Waals surface area contributed by atoms with Crippen LogP contribution < -0.4 is 15.5 Å². The number of halogens is 4. The van der Waals surface area contributed by atoms with E-state index in [1.165, 1.54) is 6.07 Å². The number of imidazole rings is 1. The molecular formula is C27H29F4N7O4. The number of nitrogens with zero attached hydrogens (tertiary/aromatic N) is 5. The van der Waals surface area contributed by atoms with Crippen LogP contribution in [0.4, 0.5) is 28.9 Å². The Morgan fingerprint density at radius 2 is 1.86 bits per heavy atom. The van der Waals surface area contributed by atoms with E-state index in [0.29, 0.717) is 42.2 Å². The summed E-state index contributed by atoms with van der Waals surface area (Å²) >= 11 is 0. The summed E-state index contributed by atoms with van der Waals surface area (Å²) in [5.74, 6) is -3.58. The number of piperazine rings is 1. The minimum absolute atomic E-state index is 0.0372. The van der Waals surface area contributed by atoms with Crippen molar-refractivity contribution < 1.29 is 37.0 Å². The van der Waals surface area contributed by atoms with Crippen molar-refractivity contribution in [2.45, 2.75) is 26.6 Å². The second kappa shape index (κ2) is 11.2. The van der Waals surface area contributed by atoms with E-state index in [2.05, 4.69) is 27.4 Å². The van der Waals surface area contributed by atoms with Gasteiger partial charge in [0.1, 0.15) is 5.52 Å². The molecule has 0 spiro atoms. The van der Waals surface area contributed by atoms with Crippen molar-refractivity contribution in [1.29, 1.82) is 0 Å². The number of aromatic nitrogens is 4. The van der Waals surface area contributed by atoms with E-state index in [1.54, 1.807) is 23.7 Å². The summed E-state index contributed by atoms with van der Waals surface area (Å²) in [6.07, 6.45) is 0.340. The monoisotopic (exact) mass is 591 g/mol. The lowest BCUT2D eigenvalue weighted by atomic mass is 9.89. The van der Waals surface area contributed by atoms with E-state index < -0.39 is 18.0 Å². The lowest BCUT2D eigenvalue weighted by Crippen LogP contribution is -2.43. The summed E-state index contributed by atoms with van der Waals surface area (Å²) < 4.78 is 55.2. The van der Waals surface area contributed by atoms with Crippen LogP contribution in [0.1, 0.15) is 23.0 Å². The van der Waals surface area contributed by atoms with E-state index in [1.807, 2.05) is 23.0 Å². The molecule has 42 heavy (non-hydrogen) atoms. The van der Waals surface area contributed by atoms with E-state index in [-0.39, 0.29) is 17.0 Å². The van der Waals surface area contributed by atoms with Crippen molar-refractivity contribution >= 4 is 39.8 Å². The van der Waals surface area contributed by atoms with Crippen LogP contribution in [0.3, 0.4) is 0 Å². The van der Waals surface area contributed by atoms with Crippen molar-refractivity contribution in [1.82, 2.24) is 24.5 Å². The number of amides is 1. The number of carbonyl (C=O) groups excluding carboxylic acids is 1. The van der Waals surface area contributed by atoms with Crippen molar-refractivity contribution in [3.63, 3.8) is 0 Å². The molecule has 2 aliphatic heterocycles. The number of fused-ring (bicyclic) bond motifs is 2. The number of pyridine rings is 1. The second-order valence-corrected chi connectivity index (χ2v) is 10.7. The Labute approximate surface area is 237 Å². The van der Waals surface area contributed by atoms with Crippen LogP contribution in [-0.4, -0.2) is 81.7 Å². The molecule has 3 N–H and O–H groups in total. The zero-order chi connectivity index (χ0) is 30.2. The number of ether oxygens (including phenoxy) is 1. The highest BCUT2D eigenvalue weighted by atomic mass is 19.4. The third-order valence-electron chi connectivity index (χ3n) is 6.97. The fraction of sp³-hybridized carbons (Fsp3) is 0.407. The molecule has 5 heterocycles. The van der Waals surface area contributed by atoms with Gasteiger partial charge in [0.15, 0.2) is 11.5 Å². The summed E-state index contributed by atoms with van der Waals surface area (Å²) in [7, 11) is 0. The smallest absolute Gasteiger partial charge is 0.475 e. The lowest BCUT2D eigenvalue weighted by molar-refractivity contribution is -0.192. The second-order valence-electron chi connectivity index (χ2n) is 10.7. The van der Waals surface area contributed by atoms with E-state index in [0.717, 1.165) is 37.3 Å². The maximum atomic E-state index is 14.6. The highest BCUT2D eigenvalue weighted by molar-refractivity contribution is 6.13. The molecule has 2 aliphatic rings. The first kappa shape index (κ1) is 29.3. The number of aliphatic carboxylic acids is 1. The van der Waals surface area contributed by atoms with Gasteiger partial charge in [-0.1, -0.05) is 6.92 Å². The maximum absolute atomic E-state index is 14.6. The molecule has 2 fully saturated rings. The Kier molecular flexibility index (Phi) is 7.81. The van der Waals surface area contributed by atoms with Crippen LogP contribution in [0.2, 0.25) is 0 Å². The molecule has 0 radical (unpaired) electrons. The van der Waals surface area contributed by atoms with Gasteiger partial charge in [0.25, 0.3) is 5.91 Å². The van der Waals surface area contributed by atoms with Gasteiger partial charge < -0.3 is 29.8 Å². The summed E-state index contributed by atoms with van der Waals surface area (Å²) in [4.78, 5) is 28.8. The number of rotatable bonds is 5. The van der Waals surface area contributed by atoms with Crippen LogP contribution in [0.25, 0.3) is 16.6 Å². The topological polar surface area (TPSA) is 126 Å². The zero-order valence-electron chi connectivity index (χ0n) is 22.8. The van der Waals surface area contributed by atoms with Crippen LogP contribution >= 0.6 is 0 Å². The largest absolute Gasteiger partial charge is 0.490 e. The number of nitrogens with one attached hydrogen (secondary N) is 2. The van der Waals surface area contributed by atoms with Gasteiger partial charge in [-0.15, -0.1) is 0 Å². The first-order chi connectivity index (χ1) is 19.8. The van der Waals surface area contributed by atoms with Gasteiger partial charge in [-0.05, 0) is 19.1 Å². The number of carboxylic acids is 1. The maximum Gasteiger partial charge on any atom is 0.490 e. The molecule has 3 aromatic heterocycles. The summed E-state index contributed by atoms with van der Waals surface area (Å²) in [6.45, 7) is 9.69. The SMILES string of the molecule is Cc1cn2cc(NC(=O)c3ccc(N4CCNCC4)c4cn(CC5(C)COC5)nc34)cc(F)c2n1.O=C(O)C(F)(F)F. The van der Waals surface area contributed by atoms with Gasteiger partial charge in [0.2, 0.25) is 0 Å². The van der Waals surface area contributed by atoms with Crippen LogP contribution in [0.15, 0.2) is 36.8 Å². The van der Waals surface area contributed by atoms with Crippen molar-refractivity contribution in [3.05, 3.63) is 53.9 Å². The third-order valence-corrected chi connectivity index (χ3v) is 6.97. The van der Waals surface area contributed by atoms with Crippen LogP contribution in [0.5, 0.6) is 0 Å². The fourth-order valence-electron chi connectivity index (χ4n) is 4.96. The number of alkyl halides is 3. The van der Waals surface area contributed by atoms with Gasteiger partial charge in [0.05, 0.1) is 36.7 Å². The van der Waals surface area contributed by atoms with E-state index in [4.69, 9.17) is 19.7 Å². The van der Waals surface area contributed by atoms with Crippen LogP contribution in [0, 0.1) is 18.2 Å². The predicted molar refractivity (Wildman–Crippen MR) is 145 cm³/mol. The molecule has 15 heteroatoms. The number of carboxylic acid groups (broad SMARTS) is 1.